The average Bonchev–Trinajstić information content (AvgIpc) is 3.31. The summed E-state index contributed by atoms with van der Waals surface area (Å²) >= 11 is 1.16. The second-order valence-corrected chi connectivity index (χ2v) is 7.96. The van der Waals surface area contributed by atoms with E-state index < -0.39 is 28.5 Å². The van der Waals surface area contributed by atoms with Crippen molar-refractivity contribution in [3.63, 3.8) is 0 Å². The van der Waals surface area contributed by atoms with Crippen LogP contribution in [0.5, 0.6) is 0 Å². The largest absolute Gasteiger partial charge is 0.372 e. The molecule has 0 bridgehead atoms. The second-order valence-electron chi connectivity index (χ2n) is 6.70. The number of nitrogens with zero attached hydrogens (tertiary/aromatic N) is 4. The molecule has 1 aliphatic heterocycles. The van der Waals surface area contributed by atoms with Crippen molar-refractivity contribution in [1.29, 1.82) is 0 Å². The third-order valence-electron chi connectivity index (χ3n) is 4.76. The zero-order valence-corrected chi connectivity index (χ0v) is 17.2. The molecular formula is C19H23F2N5O2S. The van der Waals surface area contributed by atoms with E-state index >= 15 is 0 Å². The van der Waals surface area contributed by atoms with Crippen LogP contribution in [-0.2, 0) is 21.5 Å². The monoisotopic (exact) mass is 423 g/mol. The number of benzene rings is 1. The van der Waals surface area contributed by atoms with Gasteiger partial charge in [0.1, 0.15) is 28.6 Å². The van der Waals surface area contributed by atoms with E-state index in [1.54, 1.807) is 30.9 Å². The molecular weight excluding hydrogens is 400 g/mol. The summed E-state index contributed by atoms with van der Waals surface area (Å²) in [6.45, 7) is 1.99. The van der Waals surface area contributed by atoms with Crippen LogP contribution >= 0.6 is 11.8 Å². The summed E-state index contributed by atoms with van der Waals surface area (Å²) in [7, 11) is 3.22. The molecule has 0 aliphatic carbocycles. The lowest BCUT2D eigenvalue weighted by molar-refractivity contribution is -0.145. The number of hydrogen-bond donors (Lipinski definition) is 1. The van der Waals surface area contributed by atoms with Gasteiger partial charge in [0.25, 0.3) is 5.91 Å². The predicted molar refractivity (Wildman–Crippen MR) is 107 cm³/mol. The van der Waals surface area contributed by atoms with Crippen molar-refractivity contribution in [2.75, 3.05) is 13.7 Å². The van der Waals surface area contributed by atoms with Crippen LogP contribution in [-0.4, -0.2) is 45.3 Å². The SMILES string of the molecule is CO[C@@H](C)C(=O)N1N=C(c2cc(F)ccc2F)SC1(CCCN)c1nccn1C. The summed E-state index contributed by atoms with van der Waals surface area (Å²) < 4.78 is 35.3. The third-order valence-corrected chi connectivity index (χ3v) is 6.15. The molecule has 2 atom stereocenters. The lowest BCUT2D eigenvalue weighted by Gasteiger charge is -2.35. The van der Waals surface area contributed by atoms with E-state index in [2.05, 4.69) is 10.1 Å². The molecule has 0 radical (unpaired) electrons. The highest BCUT2D eigenvalue weighted by Crippen LogP contribution is 2.50. The summed E-state index contributed by atoms with van der Waals surface area (Å²) in [4.78, 5) is 16.5. The van der Waals surface area contributed by atoms with Crippen LogP contribution < -0.4 is 5.73 Å². The number of amides is 1. The first-order valence-corrected chi connectivity index (χ1v) is 9.93. The Morgan fingerprint density at radius 3 is 2.79 bits per heavy atom. The Morgan fingerprint density at radius 2 is 2.17 bits per heavy atom. The van der Waals surface area contributed by atoms with Gasteiger partial charge in [0, 0.05) is 32.1 Å². The normalized spacial score (nSPS) is 20.1. The Morgan fingerprint density at radius 1 is 1.41 bits per heavy atom. The zero-order valence-electron chi connectivity index (χ0n) is 16.4. The second kappa shape index (κ2) is 8.60. The molecule has 2 N–H and O–H groups in total. The van der Waals surface area contributed by atoms with Gasteiger partial charge in [0.15, 0.2) is 4.87 Å². The Kier molecular flexibility index (Phi) is 6.35. The fourth-order valence-corrected chi connectivity index (χ4v) is 4.62. The van der Waals surface area contributed by atoms with Crippen molar-refractivity contribution in [3.8, 4) is 0 Å². The molecule has 29 heavy (non-hydrogen) atoms. The lowest BCUT2D eigenvalue weighted by atomic mass is 10.1. The van der Waals surface area contributed by atoms with E-state index in [9.17, 15) is 13.6 Å². The van der Waals surface area contributed by atoms with Gasteiger partial charge < -0.3 is 15.0 Å². The number of hydrazone groups is 1. The van der Waals surface area contributed by atoms with Gasteiger partial charge in [0.2, 0.25) is 0 Å². The van der Waals surface area contributed by atoms with Crippen molar-refractivity contribution in [2.24, 2.45) is 17.9 Å². The van der Waals surface area contributed by atoms with Crippen molar-refractivity contribution in [3.05, 3.63) is 53.6 Å². The fourth-order valence-electron chi connectivity index (χ4n) is 3.16. The average molecular weight is 423 g/mol. The van der Waals surface area contributed by atoms with E-state index in [0.717, 1.165) is 30.0 Å². The number of hydrogen-bond acceptors (Lipinski definition) is 6. The highest BCUT2D eigenvalue weighted by atomic mass is 32.2. The van der Waals surface area contributed by atoms with Crippen molar-refractivity contribution in [2.45, 2.75) is 30.7 Å². The van der Waals surface area contributed by atoms with Crippen molar-refractivity contribution < 1.29 is 18.3 Å². The topological polar surface area (TPSA) is 85.7 Å². The number of imidazole rings is 1. The first-order chi connectivity index (χ1) is 13.8. The molecule has 1 aromatic carbocycles. The van der Waals surface area contributed by atoms with E-state index in [0.29, 0.717) is 25.2 Å². The summed E-state index contributed by atoms with van der Waals surface area (Å²) in [5, 5.41) is 5.89. The summed E-state index contributed by atoms with van der Waals surface area (Å²) in [5.74, 6) is -1.07. The molecule has 7 nitrogen and oxygen atoms in total. The molecule has 0 fully saturated rings. The summed E-state index contributed by atoms with van der Waals surface area (Å²) in [6.07, 6.45) is 3.57. The van der Waals surface area contributed by atoms with Gasteiger partial charge in [0.05, 0.1) is 0 Å². The van der Waals surface area contributed by atoms with Crippen LogP contribution in [0.2, 0.25) is 0 Å². The quantitative estimate of drug-likeness (QED) is 0.740. The van der Waals surface area contributed by atoms with Gasteiger partial charge in [-0.1, -0.05) is 11.8 Å². The minimum absolute atomic E-state index is 0.0123. The van der Waals surface area contributed by atoms with Crippen LogP contribution in [0.25, 0.3) is 0 Å². The number of ether oxygens (including phenoxy) is 1. The number of halogens is 2. The molecule has 2 heterocycles. The number of carbonyl (C=O) groups is 1. The summed E-state index contributed by atoms with van der Waals surface area (Å²) in [6, 6.07) is 3.15. The highest BCUT2D eigenvalue weighted by molar-refractivity contribution is 8.15. The van der Waals surface area contributed by atoms with E-state index in [4.69, 9.17) is 10.5 Å². The Labute approximate surface area is 171 Å². The van der Waals surface area contributed by atoms with E-state index in [1.807, 2.05) is 0 Å². The number of thioether (sulfide) groups is 1. The molecule has 1 aliphatic rings. The number of aromatic nitrogens is 2. The highest BCUT2D eigenvalue weighted by Gasteiger charge is 2.52. The Bertz CT molecular complexity index is 935. The van der Waals surface area contributed by atoms with Gasteiger partial charge in [-0.25, -0.2) is 18.8 Å². The predicted octanol–water partition coefficient (Wildman–Crippen LogP) is 2.56. The minimum atomic E-state index is -1.06. The molecule has 1 aromatic heterocycles. The summed E-state index contributed by atoms with van der Waals surface area (Å²) in [5.41, 5.74) is 5.73. The standard InChI is InChI=1S/C19H23F2N5O2S/c1-12(28-3)17(27)26-19(7-4-8-22,18-23-9-10-25(18)2)29-16(24-26)14-11-13(20)5-6-15(14)21/h5-6,9-12H,4,7-8,22H2,1-3H3/t12-,19?/m0/s1. The van der Waals surface area contributed by atoms with E-state index in [-0.39, 0.29) is 10.6 Å². The molecule has 0 saturated carbocycles. The Hall–Kier alpha value is -2.30. The van der Waals surface area contributed by atoms with Gasteiger partial charge in [-0.3, -0.25) is 4.79 Å². The van der Waals surface area contributed by atoms with Crippen molar-refractivity contribution >= 4 is 22.7 Å². The van der Waals surface area contributed by atoms with Gasteiger partial charge in [-0.2, -0.15) is 5.10 Å². The molecule has 0 saturated heterocycles. The maximum atomic E-state index is 14.5. The first-order valence-electron chi connectivity index (χ1n) is 9.12. The maximum Gasteiger partial charge on any atom is 0.273 e. The van der Waals surface area contributed by atoms with Gasteiger partial charge >= 0.3 is 0 Å². The molecule has 2 aromatic rings. The third kappa shape index (κ3) is 3.92. The number of rotatable bonds is 7. The lowest BCUT2D eigenvalue weighted by Crippen LogP contribution is -2.47. The van der Waals surface area contributed by atoms with Crippen LogP contribution in [0.3, 0.4) is 0 Å². The van der Waals surface area contributed by atoms with Gasteiger partial charge in [-0.15, -0.1) is 0 Å². The molecule has 156 valence electrons. The molecule has 1 amide bonds. The van der Waals surface area contributed by atoms with E-state index in [1.165, 1.54) is 12.1 Å². The van der Waals surface area contributed by atoms with Gasteiger partial charge in [-0.05, 0) is 44.5 Å². The fraction of sp³-hybridized carbons (Fsp3) is 0.421. The number of methoxy groups -OCH3 is 1. The number of aryl methyl sites for hydroxylation is 1. The zero-order chi connectivity index (χ0) is 21.2. The number of carbonyl (C=O) groups excluding carboxylic acids is 1. The molecule has 3 rings (SSSR count). The van der Waals surface area contributed by atoms with Crippen LogP contribution in [0, 0.1) is 11.6 Å². The smallest absolute Gasteiger partial charge is 0.273 e. The molecule has 10 heteroatoms. The Balaban J connectivity index is 2.16. The first kappa shape index (κ1) is 21.4. The van der Waals surface area contributed by atoms with Crippen LogP contribution in [0.1, 0.15) is 31.2 Å². The molecule has 1 unspecified atom stereocenters. The van der Waals surface area contributed by atoms with Crippen LogP contribution in [0.15, 0.2) is 35.7 Å². The minimum Gasteiger partial charge on any atom is -0.372 e. The maximum absolute atomic E-state index is 14.5. The van der Waals surface area contributed by atoms with Crippen LogP contribution in [0.4, 0.5) is 8.78 Å². The number of nitrogens with two attached hydrogens (primary N) is 1. The molecule has 0 spiro atoms. The van der Waals surface area contributed by atoms with Crippen molar-refractivity contribution in [1.82, 2.24) is 14.6 Å².